The fourth-order valence-electron chi connectivity index (χ4n) is 1.81. The molecule has 0 radical (unpaired) electrons. The highest BCUT2D eigenvalue weighted by molar-refractivity contribution is 7.90. The Morgan fingerprint density at radius 2 is 2.00 bits per heavy atom. The molecule has 0 aliphatic carbocycles. The first-order valence-electron chi connectivity index (χ1n) is 6.06. The van der Waals surface area contributed by atoms with Crippen LogP contribution in [0.5, 0.6) is 0 Å². The third-order valence-corrected chi connectivity index (χ3v) is 4.23. The molecule has 1 aromatic rings. The standard InChI is InChI=1S/C13H22N2O2S/c1-5-10(2)9-15(3)13-7-6-11(8-12(13)14)18(4,16)17/h6-8,10H,5,9,14H2,1-4H3. The maximum Gasteiger partial charge on any atom is 0.175 e. The van der Waals surface area contributed by atoms with Crippen molar-refractivity contribution in [3.8, 4) is 0 Å². The molecule has 1 atom stereocenters. The van der Waals surface area contributed by atoms with E-state index in [1.54, 1.807) is 12.1 Å². The average molecular weight is 270 g/mol. The summed E-state index contributed by atoms with van der Waals surface area (Å²) in [6.45, 7) is 5.23. The number of anilines is 2. The van der Waals surface area contributed by atoms with Crippen molar-refractivity contribution >= 4 is 21.2 Å². The molecule has 2 N–H and O–H groups in total. The van der Waals surface area contributed by atoms with Crippen molar-refractivity contribution in [1.29, 1.82) is 0 Å². The number of rotatable bonds is 5. The zero-order valence-corrected chi connectivity index (χ0v) is 12.3. The van der Waals surface area contributed by atoms with E-state index < -0.39 is 9.84 Å². The Morgan fingerprint density at radius 1 is 1.39 bits per heavy atom. The summed E-state index contributed by atoms with van der Waals surface area (Å²) >= 11 is 0. The van der Waals surface area contributed by atoms with Crippen LogP contribution < -0.4 is 10.6 Å². The Balaban J connectivity index is 2.99. The van der Waals surface area contributed by atoms with E-state index >= 15 is 0 Å². The number of nitrogens with two attached hydrogens (primary N) is 1. The van der Waals surface area contributed by atoms with Gasteiger partial charge in [-0.1, -0.05) is 20.3 Å². The van der Waals surface area contributed by atoms with E-state index in [1.165, 1.54) is 12.3 Å². The van der Waals surface area contributed by atoms with Crippen LogP contribution in [0.15, 0.2) is 23.1 Å². The van der Waals surface area contributed by atoms with Gasteiger partial charge in [0.05, 0.1) is 16.3 Å². The van der Waals surface area contributed by atoms with Crippen molar-refractivity contribution in [2.75, 3.05) is 30.5 Å². The largest absolute Gasteiger partial charge is 0.397 e. The highest BCUT2D eigenvalue weighted by Gasteiger charge is 2.12. The smallest absolute Gasteiger partial charge is 0.175 e. The number of hydrogen-bond donors (Lipinski definition) is 1. The van der Waals surface area contributed by atoms with Gasteiger partial charge in [0.25, 0.3) is 0 Å². The fraction of sp³-hybridized carbons (Fsp3) is 0.538. The van der Waals surface area contributed by atoms with Crippen LogP contribution in [0.2, 0.25) is 0 Å². The van der Waals surface area contributed by atoms with Crippen molar-refractivity contribution in [2.45, 2.75) is 25.2 Å². The number of nitrogen functional groups attached to an aromatic ring is 1. The van der Waals surface area contributed by atoms with Gasteiger partial charge in [0.1, 0.15) is 0 Å². The minimum absolute atomic E-state index is 0.265. The van der Waals surface area contributed by atoms with Gasteiger partial charge < -0.3 is 10.6 Å². The third kappa shape index (κ3) is 3.63. The normalized spacial score (nSPS) is 13.3. The molecule has 0 aromatic heterocycles. The summed E-state index contributed by atoms with van der Waals surface area (Å²) in [5.74, 6) is 0.573. The molecule has 1 rings (SSSR count). The zero-order chi connectivity index (χ0) is 13.9. The van der Waals surface area contributed by atoms with E-state index in [0.717, 1.165) is 18.7 Å². The lowest BCUT2D eigenvalue weighted by atomic mass is 10.1. The lowest BCUT2D eigenvalue weighted by Crippen LogP contribution is -2.24. The van der Waals surface area contributed by atoms with E-state index in [2.05, 4.69) is 18.7 Å². The molecule has 18 heavy (non-hydrogen) atoms. The van der Waals surface area contributed by atoms with Crippen molar-refractivity contribution in [3.63, 3.8) is 0 Å². The maximum absolute atomic E-state index is 11.4. The SMILES string of the molecule is CCC(C)CN(C)c1ccc(S(C)(=O)=O)cc1N. The first kappa shape index (κ1) is 14.8. The minimum Gasteiger partial charge on any atom is -0.397 e. The van der Waals surface area contributed by atoms with Crippen molar-refractivity contribution in [1.82, 2.24) is 0 Å². The van der Waals surface area contributed by atoms with Gasteiger partial charge in [0.2, 0.25) is 0 Å². The molecule has 0 aliphatic rings. The minimum atomic E-state index is -3.19. The molecule has 102 valence electrons. The van der Waals surface area contributed by atoms with E-state index in [0.29, 0.717) is 11.6 Å². The number of benzene rings is 1. The van der Waals surface area contributed by atoms with Gasteiger partial charge in [0, 0.05) is 19.8 Å². The van der Waals surface area contributed by atoms with E-state index in [-0.39, 0.29) is 4.90 Å². The molecule has 0 amide bonds. The molecule has 0 heterocycles. The summed E-state index contributed by atoms with van der Waals surface area (Å²) < 4.78 is 22.8. The second-order valence-corrected chi connectivity index (χ2v) is 6.90. The Morgan fingerprint density at radius 3 is 2.44 bits per heavy atom. The summed E-state index contributed by atoms with van der Waals surface area (Å²) in [6.07, 6.45) is 2.29. The highest BCUT2D eigenvalue weighted by atomic mass is 32.2. The molecule has 1 aromatic carbocycles. The molecular weight excluding hydrogens is 248 g/mol. The summed E-state index contributed by atoms with van der Waals surface area (Å²) in [5, 5.41) is 0. The third-order valence-electron chi connectivity index (χ3n) is 3.12. The monoisotopic (exact) mass is 270 g/mol. The van der Waals surface area contributed by atoms with E-state index in [4.69, 9.17) is 5.73 Å². The van der Waals surface area contributed by atoms with Crippen LogP contribution in [0.1, 0.15) is 20.3 Å². The maximum atomic E-state index is 11.4. The Labute approximate surface area is 110 Å². The summed E-state index contributed by atoms with van der Waals surface area (Å²) in [7, 11) is -1.22. The number of nitrogens with zero attached hydrogens (tertiary/aromatic N) is 1. The molecule has 0 bridgehead atoms. The molecule has 5 heteroatoms. The number of hydrogen-bond acceptors (Lipinski definition) is 4. The van der Waals surface area contributed by atoms with Gasteiger partial charge in [-0.25, -0.2) is 8.42 Å². The van der Waals surface area contributed by atoms with Crippen molar-refractivity contribution < 1.29 is 8.42 Å². The highest BCUT2D eigenvalue weighted by Crippen LogP contribution is 2.26. The average Bonchev–Trinajstić information content (AvgIpc) is 2.27. The summed E-state index contributed by atoms with van der Waals surface area (Å²) in [6, 6.07) is 4.90. The van der Waals surface area contributed by atoms with Crippen LogP contribution in [0.3, 0.4) is 0 Å². The molecule has 4 nitrogen and oxygen atoms in total. The molecule has 0 aliphatic heterocycles. The molecular formula is C13H22N2O2S. The van der Waals surface area contributed by atoms with Gasteiger partial charge in [-0.15, -0.1) is 0 Å². The zero-order valence-electron chi connectivity index (χ0n) is 11.5. The van der Waals surface area contributed by atoms with Gasteiger partial charge >= 0.3 is 0 Å². The second kappa shape index (κ2) is 5.61. The summed E-state index contributed by atoms with van der Waals surface area (Å²) in [4.78, 5) is 2.33. The Hall–Kier alpha value is -1.23. The Bertz CT molecular complexity index is 512. The van der Waals surface area contributed by atoms with E-state index in [1.807, 2.05) is 7.05 Å². The molecule has 0 fully saturated rings. The quantitative estimate of drug-likeness (QED) is 0.833. The van der Waals surface area contributed by atoms with Crippen LogP contribution in [-0.4, -0.2) is 28.3 Å². The first-order chi connectivity index (χ1) is 8.25. The lowest BCUT2D eigenvalue weighted by molar-refractivity contribution is 0.560. The molecule has 0 saturated heterocycles. The van der Waals surface area contributed by atoms with Gasteiger partial charge in [-0.2, -0.15) is 0 Å². The van der Waals surface area contributed by atoms with Crippen LogP contribution >= 0.6 is 0 Å². The van der Waals surface area contributed by atoms with Crippen LogP contribution in [0.4, 0.5) is 11.4 Å². The van der Waals surface area contributed by atoms with Gasteiger partial charge in [-0.05, 0) is 24.1 Å². The van der Waals surface area contributed by atoms with E-state index in [9.17, 15) is 8.42 Å². The Kier molecular flexibility index (Phi) is 4.62. The van der Waals surface area contributed by atoms with Crippen molar-refractivity contribution in [3.05, 3.63) is 18.2 Å². The van der Waals surface area contributed by atoms with Crippen LogP contribution in [-0.2, 0) is 9.84 Å². The molecule has 0 spiro atoms. The topological polar surface area (TPSA) is 63.4 Å². The summed E-state index contributed by atoms with van der Waals surface area (Å²) in [5.41, 5.74) is 7.31. The lowest BCUT2D eigenvalue weighted by Gasteiger charge is -2.24. The van der Waals surface area contributed by atoms with Crippen LogP contribution in [0.25, 0.3) is 0 Å². The van der Waals surface area contributed by atoms with Gasteiger partial charge in [-0.3, -0.25) is 0 Å². The van der Waals surface area contributed by atoms with Crippen LogP contribution in [0, 0.1) is 5.92 Å². The predicted molar refractivity (Wildman–Crippen MR) is 76.7 cm³/mol. The fourth-order valence-corrected chi connectivity index (χ4v) is 2.46. The molecule has 1 unspecified atom stereocenters. The number of sulfone groups is 1. The van der Waals surface area contributed by atoms with Crippen molar-refractivity contribution in [2.24, 2.45) is 5.92 Å². The predicted octanol–water partition coefficient (Wildman–Crippen LogP) is 2.15. The molecule has 0 saturated carbocycles. The second-order valence-electron chi connectivity index (χ2n) is 4.89. The van der Waals surface area contributed by atoms with Gasteiger partial charge in [0.15, 0.2) is 9.84 Å². The first-order valence-corrected chi connectivity index (χ1v) is 7.95.